The number of allylic oxidation sites excluding steroid dienone is 1. The van der Waals surface area contributed by atoms with Crippen molar-refractivity contribution in [2.24, 2.45) is 0 Å². The van der Waals surface area contributed by atoms with Crippen molar-refractivity contribution in [3.63, 3.8) is 0 Å². The van der Waals surface area contributed by atoms with Crippen molar-refractivity contribution in [3.8, 4) is 0 Å². The molecule has 2 unspecified atom stereocenters. The predicted octanol–water partition coefficient (Wildman–Crippen LogP) is 1.85. The van der Waals surface area contributed by atoms with E-state index in [1.807, 2.05) is 11.0 Å². The minimum Gasteiger partial charge on any atom is -0.488 e. The Labute approximate surface area is 108 Å². The van der Waals surface area contributed by atoms with Crippen LogP contribution in [0.1, 0.15) is 38.5 Å². The maximum Gasteiger partial charge on any atom is 0.288 e. The van der Waals surface area contributed by atoms with Crippen molar-refractivity contribution < 1.29 is 14.3 Å². The molecule has 0 bridgehead atoms. The maximum absolute atomic E-state index is 12.5. The molecule has 0 aromatic carbocycles. The molecule has 2 heterocycles. The smallest absolute Gasteiger partial charge is 0.288 e. The lowest BCUT2D eigenvalue weighted by Crippen LogP contribution is -2.55. The quantitative estimate of drug-likeness (QED) is 0.714. The number of hydrogen-bond donors (Lipinski definition) is 0. The first-order chi connectivity index (χ1) is 8.86. The molecule has 4 heteroatoms. The summed E-state index contributed by atoms with van der Waals surface area (Å²) in [6.07, 6.45) is 8.76. The highest BCUT2D eigenvalue weighted by Crippen LogP contribution is 2.29. The highest BCUT2D eigenvalue weighted by molar-refractivity contribution is 5.92. The molecular weight excluding hydrogens is 230 g/mol. The fraction of sp³-hybridized carbons (Fsp3) is 0.786. The number of rotatable bonds is 1. The fourth-order valence-electron chi connectivity index (χ4n) is 3.20. The minimum atomic E-state index is 0.0786. The summed E-state index contributed by atoms with van der Waals surface area (Å²) in [6, 6.07) is 0.270. The van der Waals surface area contributed by atoms with Gasteiger partial charge in [0, 0.05) is 6.54 Å². The molecule has 2 fully saturated rings. The summed E-state index contributed by atoms with van der Waals surface area (Å²) in [4.78, 5) is 14.5. The lowest BCUT2D eigenvalue weighted by Gasteiger charge is -2.44. The van der Waals surface area contributed by atoms with Gasteiger partial charge in [-0.2, -0.15) is 0 Å². The van der Waals surface area contributed by atoms with Gasteiger partial charge >= 0.3 is 0 Å². The Morgan fingerprint density at radius 3 is 2.94 bits per heavy atom. The van der Waals surface area contributed by atoms with Gasteiger partial charge in [-0.25, -0.2) is 0 Å². The monoisotopic (exact) mass is 251 g/mol. The molecule has 3 aliphatic rings. The number of carbonyl (C=O) groups is 1. The number of hydrogen-bond acceptors (Lipinski definition) is 3. The van der Waals surface area contributed by atoms with E-state index < -0.39 is 0 Å². The van der Waals surface area contributed by atoms with Crippen LogP contribution < -0.4 is 0 Å². The molecule has 18 heavy (non-hydrogen) atoms. The second kappa shape index (κ2) is 5.31. The molecule has 0 spiro atoms. The van der Waals surface area contributed by atoms with Crippen molar-refractivity contribution >= 4 is 5.91 Å². The van der Waals surface area contributed by atoms with Crippen LogP contribution in [0.2, 0.25) is 0 Å². The molecule has 100 valence electrons. The summed E-state index contributed by atoms with van der Waals surface area (Å²) in [5, 5.41) is 0. The number of amides is 1. The van der Waals surface area contributed by atoms with Crippen molar-refractivity contribution in [2.45, 2.75) is 50.7 Å². The van der Waals surface area contributed by atoms with Gasteiger partial charge in [0.05, 0.1) is 25.4 Å². The number of carbonyl (C=O) groups excluding carboxylic acids is 1. The maximum atomic E-state index is 12.5. The standard InChI is InChI=1S/C14H21NO3/c16-14(13-7-3-4-9-17-13)15-8-10-18-12-6-2-1-5-11(12)15/h7,11-12H,1-6,8-10H2. The molecule has 1 aliphatic carbocycles. The summed E-state index contributed by atoms with van der Waals surface area (Å²) in [6.45, 7) is 2.05. The SMILES string of the molecule is O=C(C1=CCCCO1)N1CCOC2CCCCC21. The Morgan fingerprint density at radius 2 is 2.11 bits per heavy atom. The van der Waals surface area contributed by atoms with Gasteiger partial charge in [0.15, 0.2) is 5.76 Å². The lowest BCUT2D eigenvalue weighted by atomic mass is 9.90. The summed E-state index contributed by atoms with van der Waals surface area (Å²) >= 11 is 0. The lowest BCUT2D eigenvalue weighted by molar-refractivity contribution is -0.149. The molecule has 1 saturated carbocycles. The van der Waals surface area contributed by atoms with E-state index in [1.54, 1.807) is 0 Å². The summed E-state index contributed by atoms with van der Waals surface area (Å²) in [5.74, 6) is 0.641. The average molecular weight is 251 g/mol. The van der Waals surface area contributed by atoms with Crippen LogP contribution in [0.15, 0.2) is 11.8 Å². The number of morpholine rings is 1. The van der Waals surface area contributed by atoms with Crippen molar-refractivity contribution in [3.05, 3.63) is 11.8 Å². The molecule has 1 amide bonds. The number of nitrogens with zero attached hydrogens (tertiary/aromatic N) is 1. The van der Waals surface area contributed by atoms with Gasteiger partial charge in [-0.1, -0.05) is 12.8 Å². The zero-order valence-corrected chi connectivity index (χ0v) is 10.8. The van der Waals surface area contributed by atoms with E-state index in [0.717, 1.165) is 25.7 Å². The van der Waals surface area contributed by atoms with Gasteiger partial charge in [0.2, 0.25) is 0 Å². The van der Waals surface area contributed by atoms with Crippen LogP contribution in [0.25, 0.3) is 0 Å². The normalized spacial score (nSPS) is 32.2. The Bertz CT molecular complexity index is 351. The number of fused-ring (bicyclic) bond motifs is 1. The second-order valence-electron chi connectivity index (χ2n) is 5.32. The van der Waals surface area contributed by atoms with Crippen LogP contribution in [-0.4, -0.2) is 42.7 Å². The van der Waals surface area contributed by atoms with Gasteiger partial charge in [-0.15, -0.1) is 0 Å². The first-order valence-corrected chi connectivity index (χ1v) is 7.12. The van der Waals surface area contributed by atoms with Gasteiger partial charge < -0.3 is 14.4 Å². The van der Waals surface area contributed by atoms with Gasteiger partial charge in [0.25, 0.3) is 5.91 Å². The van der Waals surface area contributed by atoms with Crippen molar-refractivity contribution in [1.82, 2.24) is 4.90 Å². The van der Waals surface area contributed by atoms with E-state index in [-0.39, 0.29) is 18.1 Å². The van der Waals surface area contributed by atoms with Crippen LogP contribution in [0.4, 0.5) is 0 Å². The van der Waals surface area contributed by atoms with E-state index >= 15 is 0 Å². The van der Waals surface area contributed by atoms with E-state index in [0.29, 0.717) is 25.5 Å². The first-order valence-electron chi connectivity index (χ1n) is 7.12. The Balaban J connectivity index is 1.73. The minimum absolute atomic E-state index is 0.0786. The highest BCUT2D eigenvalue weighted by Gasteiger charge is 2.38. The van der Waals surface area contributed by atoms with E-state index in [1.165, 1.54) is 12.8 Å². The molecule has 0 N–H and O–H groups in total. The van der Waals surface area contributed by atoms with Crippen LogP contribution in [0.5, 0.6) is 0 Å². The third-order valence-electron chi connectivity index (χ3n) is 4.14. The third kappa shape index (κ3) is 2.26. The zero-order valence-electron chi connectivity index (χ0n) is 10.8. The van der Waals surface area contributed by atoms with Gasteiger partial charge in [0.1, 0.15) is 0 Å². The van der Waals surface area contributed by atoms with Crippen LogP contribution in [0, 0.1) is 0 Å². The van der Waals surface area contributed by atoms with Crippen LogP contribution in [-0.2, 0) is 14.3 Å². The van der Waals surface area contributed by atoms with Gasteiger partial charge in [-0.3, -0.25) is 4.79 Å². The highest BCUT2D eigenvalue weighted by atomic mass is 16.5. The predicted molar refractivity (Wildman–Crippen MR) is 67.0 cm³/mol. The van der Waals surface area contributed by atoms with E-state index in [2.05, 4.69) is 0 Å². The molecule has 4 nitrogen and oxygen atoms in total. The summed E-state index contributed by atoms with van der Waals surface area (Å²) < 4.78 is 11.3. The van der Waals surface area contributed by atoms with E-state index in [4.69, 9.17) is 9.47 Å². The number of ether oxygens (including phenoxy) is 2. The molecule has 0 aromatic rings. The molecule has 0 aromatic heterocycles. The van der Waals surface area contributed by atoms with Crippen molar-refractivity contribution in [2.75, 3.05) is 19.8 Å². The Hall–Kier alpha value is -1.03. The van der Waals surface area contributed by atoms with E-state index in [9.17, 15) is 4.79 Å². The fourth-order valence-corrected chi connectivity index (χ4v) is 3.20. The topological polar surface area (TPSA) is 38.8 Å². The molecule has 1 saturated heterocycles. The molecular formula is C14H21NO3. The molecule has 2 atom stereocenters. The molecule has 0 radical (unpaired) electrons. The zero-order chi connectivity index (χ0) is 12.4. The van der Waals surface area contributed by atoms with Crippen LogP contribution >= 0.6 is 0 Å². The van der Waals surface area contributed by atoms with Crippen LogP contribution in [0.3, 0.4) is 0 Å². The summed E-state index contributed by atoms with van der Waals surface area (Å²) in [5.41, 5.74) is 0. The molecule has 3 rings (SSSR count). The Morgan fingerprint density at radius 1 is 1.22 bits per heavy atom. The third-order valence-corrected chi connectivity index (χ3v) is 4.14. The molecule has 2 aliphatic heterocycles. The Kier molecular flexibility index (Phi) is 3.55. The van der Waals surface area contributed by atoms with Crippen molar-refractivity contribution in [1.29, 1.82) is 0 Å². The average Bonchev–Trinajstić information content (AvgIpc) is 2.47. The summed E-state index contributed by atoms with van der Waals surface area (Å²) in [7, 11) is 0. The second-order valence-corrected chi connectivity index (χ2v) is 5.32. The van der Waals surface area contributed by atoms with Gasteiger partial charge in [-0.05, 0) is 31.8 Å². The largest absolute Gasteiger partial charge is 0.488 e. The first kappa shape index (κ1) is 12.0.